The third-order valence-electron chi connectivity index (χ3n) is 6.48. The van der Waals surface area contributed by atoms with Crippen LogP contribution in [0.15, 0.2) is 36.5 Å². The number of aromatic nitrogens is 1. The van der Waals surface area contributed by atoms with Crippen molar-refractivity contribution in [1.82, 2.24) is 4.98 Å². The van der Waals surface area contributed by atoms with Crippen molar-refractivity contribution in [2.75, 3.05) is 30.0 Å². The average Bonchev–Trinajstić information content (AvgIpc) is 2.76. The minimum absolute atomic E-state index is 0.358. The SMILES string of the molecule is CCN(c1ccc(C2(C=O)CCC2)cc1Nc1ccc(C#N)cn1)C1CCOCC1. The Hall–Kier alpha value is -2.91. The molecule has 1 saturated carbocycles. The van der Waals surface area contributed by atoms with Gasteiger partial charge in [-0.25, -0.2) is 4.98 Å². The normalized spacial score (nSPS) is 18.1. The average molecular weight is 405 g/mol. The highest BCUT2D eigenvalue weighted by Gasteiger charge is 2.39. The van der Waals surface area contributed by atoms with Crippen LogP contribution >= 0.6 is 0 Å². The van der Waals surface area contributed by atoms with Gasteiger partial charge in [0.2, 0.25) is 0 Å². The summed E-state index contributed by atoms with van der Waals surface area (Å²) in [7, 11) is 0. The molecule has 1 aliphatic heterocycles. The van der Waals surface area contributed by atoms with Crippen molar-refractivity contribution in [3.05, 3.63) is 47.7 Å². The molecule has 30 heavy (non-hydrogen) atoms. The fourth-order valence-corrected chi connectivity index (χ4v) is 4.52. The number of rotatable bonds is 7. The number of anilines is 3. The summed E-state index contributed by atoms with van der Waals surface area (Å²) in [5.74, 6) is 0.684. The molecular formula is C24H28N4O2. The van der Waals surface area contributed by atoms with Crippen molar-refractivity contribution in [3.8, 4) is 6.07 Å². The van der Waals surface area contributed by atoms with Gasteiger partial charge in [0.25, 0.3) is 0 Å². The van der Waals surface area contributed by atoms with Crippen LogP contribution in [-0.4, -0.2) is 37.1 Å². The van der Waals surface area contributed by atoms with Gasteiger partial charge in [0.1, 0.15) is 18.2 Å². The first kappa shape index (κ1) is 20.4. The molecule has 2 aromatic rings. The molecule has 1 aromatic heterocycles. The van der Waals surface area contributed by atoms with Crippen LogP contribution in [0.1, 0.15) is 50.2 Å². The maximum atomic E-state index is 11.9. The number of carbonyl (C=O) groups is 1. The topological polar surface area (TPSA) is 78.3 Å². The van der Waals surface area contributed by atoms with Gasteiger partial charge in [-0.15, -0.1) is 0 Å². The highest BCUT2D eigenvalue weighted by Crippen LogP contribution is 2.44. The fraction of sp³-hybridized carbons (Fsp3) is 0.458. The lowest BCUT2D eigenvalue weighted by molar-refractivity contribution is -0.115. The summed E-state index contributed by atoms with van der Waals surface area (Å²) in [5.41, 5.74) is 3.29. The van der Waals surface area contributed by atoms with Crippen molar-refractivity contribution >= 4 is 23.5 Å². The lowest BCUT2D eigenvalue weighted by Crippen LogP contribution is -2.40. The molecule has 1 N–H and O–H groups in total. The zero-order chi connectivity index (χ0) is 21.0. The van der Waals surface area contributed by atoms with E-state index in [2.05, 4.69) is 46.4 Å². The number of benzene rings is 1. The molecular weight excluding hydrogens is 376 g/mol. The Morgan fingerprint density at radius 3 is 2.67 bits per heavy atom. The van der Waals surface area contributed by atoms with Gasteiger partial charge in [0.05, 0.1) is 22.4 Å². The van der Waals surface area contributed by atoms with Crippen LogP contribution in [0.3, 0.4) is 0 Å². The van der Waals surface area contributed by atoms with E-state index in [0.717, 1.165) is 75.1 Å². The van der Waals surface area contributed by atoms with E-state index in [9.17, 15) is 4.79 Å². The Morgan fingerprint density at radius 1 is 1.30 bits per heavy atom. The maximum Gasteiger partial charge on any atom is 0.130 e. The van der Waals surface area contributed by atoms with Crippen LogP contribution in [0, 0.1) is 11.3 Å². The molecule has 0 amide bonds. The van der Waals surface area contributed by atoms with Crippen LogP contribution in [-0.2, 0) is 14.9 Å². The molecule has 2 heterocycles. The van der Waals surface area contributed by atoms with Crippen LogP contribution in [0.25, 0.3) is 0 Å². The van der Waals surface area contributed by atoms with E-state index in [1.165, 1.54) is 0 Å². The Morgan fingerprint density at radius 2 is 2.10 bits per heavy atom. The summed E-state index contributed by atoms with van der Waals surface area (Å²) in [6.07, 6.45) is 7.59. The Bertz CT molecular complexity index is 925. The molecule has 0 bridgehead atoms. The highest BCUT2D eigenvalue weighted by atomic mass is 16.5. The van der Waals surface area contributed by atoms with Crippen LogP contribution in [0.2, 0.25) is 0 Å². The molecule has 0 atom stereocenters. The molecule has 6 heteroatoms. The zero-order valence-electron chi connectivity index (χ0n) is 17.4. The van der Waals surface area contributed by atoms with E-state index in [1.54, 1.807) is 12.3 Å². The van der Waals surface area contributed by atoms with Gasteiger partial charge < -0.3 is 19.7 Å². The predicted molar refractivity (Wildman–Crippen MR) is 117 cm³/mol. The van der Waals surface area contributed by atoms with E-state index >= 15 is 0 Å². The third-order valence-corrected chi connectivity index (χ3v) is 6.48. The summed E-state index contributed by atoms with van der Waals surface area (Å²) in [6, 6.07) is 12.5. The van der Waals surface area contributed by atoms with E-state index < -0.39 is 0 Å². The number of nitrogens with one attached hydrogen (secondary N) is 1. The quantitative estimate of drug-likeness (QED) is 0.693. The van der Waals surface area contributed by atoms with Gasteiger partial charge in [-0.1, -0.05) is 12.5 Å². The van der Waals surface area contributed by atoms with Crippen LogP contribution < -0.4 is 10.2 Å². The third kappa shape index (κ3) is 3.90. The van der Waals surface area contributed by atoms with Crippen molar-refractivity contribution in [2.24, 2.45) is 0 Å². The highest BCUT2D eigenvalue weighted by molar-refractivity contribution is 5.79. The van der Waals surface area contributed by atoms with Crippen molar-refractivity contribution < 1.29 is 9.53 Å². The second-order valence-corrected chi connectivity index (χ2v) is 8.16. The van der Waals surface area contributed by atoms with E-state index in [0.29, 0.717) is 17.4 Å². The summed E-state index contributed by atoms with van der Waals surface area (Å²) in [6.45, 7) is 4.63. The van der Waals surface area contributed by atoms with Crippen LogP contribution in [0.4, 0.5) is 17.2 Å². The first-order valence-corrected chi connectivity index (χ1v) is 10.8. The smallest absolute Gasteiger partial charge is 0.130 e. The van der Waals surface area contributed by atoms with Crippen molar-refractivity contribution in [3.63, 3.8) is 0 Å². The molecule has 1 saturated heterocycles. The summed E-state index contributed by atoms with van der Waals surface area (Å²) < 4.78 is 5.56. The second kappa shape index (κ2) is 8.85. The number of ether oxygens (including phenoxy) is 1. The summed E-state index contributed by atoms with van der Waals surface area (Å²) in [5, 5.41) is 12.5. The molecule has 2 fully saturated rings. The van der Waals surface area contributed by atoms with Gasteiger partial charge in [-0.2, -0.15) is 5.26 Å². The van der Waals surface area contributed by atoms with E-state index in [1.807, 2.05) is 6.07 Å². The van der Waals surface area contributed by atoms with Gasteiger partial charge in [0, 0.05) is 32.0 Å². The Kier molecular flexibility index (Phi) is 6.01. The number of carbonyl (C=O) groups excluding carboxylic acids is 1. The first-order valence-electron chi connectivity index (χ1n) is 10.8. The number of hydrogen-bond acceptors (Lipinski definition) is 6. The first-order chi connectivity index (χ1) is 14.7. The minimum atomic E-state index is -0.358. The number of pyridine rings is 1. The number of nitriles is 1. The molecule has 6 nitrogen and oxygen atoms in total. The molecule has 2 aliphatic rings. The second-order valence-electron chi connectivity index (χ2n) is 8.16. The van der Waals surface area contributed by atoms with Crippen molar-refractivity contribution in [2.45, 2.75) is 50.5 Å². The fourth-order valence-electron chi connectivity index (χ4n) is 4.52. The monoisotopic (exact) mass is 404 g/mol. The Balaban J connectivity index is 1.71. The van der Waals surface area contributed by atoms with Gasteiger partial charge in [-0.05, 0) is 62.4 Å². The van der Waals surface area contributed by atoms with Crippen LogP contribution in [0.5, 0.6) is 0 Å². The lowest BCUT2D eigenvalue weighted by atomic mass is 9.65. The molecule has 0 radical (unpaired) electrons. The van der Waals surface area contributed by atoms with E-state index in [4.69, 9.17) is 10.00 Å². The van der Waals surface area contributed by atoms with Gasteiger partial charge in [0.15, 0.2) is 0 Å². The number of aldehydes is 1. The molecule has 4 rings (SSSR count). The Labute approximate surface area is 177 Å². The van der Waals surface area contributed by atoms with Gasteiger partial charge in [-0.3, -0.25) is 0 Å². The van der Waals surface area contributed by atoms with Crippen molar-refractivity contribution in [1.29, 1.82) is 5.26 Å². The molecule has 0 unspecified atom stereocenters. The molecule has 1 aliphatic carbocycles. The maximum absolute atomic E-state index is 11.9. The van der Waals surface area contributed by atoms with E-state index in [-0.39, 0.29) is 5.41 Å². The standard InChI is InChI=1S/C24H28N4O2/c1-2-28(20-8-12-30-13-9-20)22-6-5-19(24(17-29)10-3-11-24)14-21(22)27-23-7-4-18(15-25)16-26-23/h4-7,14,16-17,20H,2-3,8-13H2,1H3,(H,26,27). The number of nitrogens with zero attached hydrogens (tertiary/aromatic N) is 3. The molecule has 1 aromatic carbocycles. The summed E-state index contributed by atoms with van der Waals surface area (Å²) >= 11 is 0. The largest absolute Gasteiger partial charge is 0.381 e. The molecule has 156 valence electrons. The van der Waals surface area contributed by atoms with Gasteiger partial charge >= 0.3 is 0 Å². The predicted octanol–water partition coefficient (Wildman–Crippen LogP) is 4.32. The zero-order valence-corrected chi connectivity index (χ0v) is 17.4. The molecule has 0 spiro atoms. The minimum Gasteiger partial charge on any atom is -0.381 e. The number of hydrogen-bond donors (Lipinski definition) is 1. The lowest BCUT2D eigenvalue weighted by Gasteiger charge is -2.39. The summed E-state index contributed by atoms with van der Waals surface area (Å²) in [4.78, 5) is 18.7.